The molecule has 1 aromatic rings. The molecule has 0 aromatic heterocycles. The number of nitrogens with one attached hydrogen (secondary N) is 1. The minimum absolute atomic E-state index is 0.0270. The number of halogens is 2. The molecule has 38 heavy (non-hydrogen) atoms. The van der Waals surface area contributed by atoms with Gasteiger partial charge in [0, 0.05) is 31.1 Å². The van der Waals surface area contributed by atoms with E-state index in [2.05, 4.69) is 15.1 Å². The number of likely N-dealkylation sites (tertiary alicyclic amines) is 1. The summed E-state index contributed by atoms with van der Waals surface area (Å²) in [4.78, 5) is 10.9. The van der Waals surface area contributed by atoms with Crippen molar-refractivity contribution in [3.8, 4) is 5.75 Å². The van der Waals surface area contributed by atoms with Crippen LogP contribution in [0.4, 0.5) is 4.39 Å². The van der Waals surface area contributed by atoms with Crippen LogP contribution in [0.25, 0.3) is 5.82 Å². The number of rotatable bonds is 7. The van der Waals surface area contributed by atoms with Gasteiger partial charge in [0.25, 0.3) is 0 Å². The standard InChI is InChI=1S/C26H38BClFN5O4/c1-25(2)26(3,4)38-27(37-25)18-11-19-21-23(22(18)28)30-15-31-24(21)34(9-8-32(5)6)13-20(36-19)35-14-17-10-16(29)12-33(17)7/h11,13,16-17,31H,8-10,12,14-15H2,1-7H3/t16-,17+/m1/s1. The van der Waals surface area contributed by atoms with Gasteiger partial charge in [0.1, 0.15) is 31.0 Å². The lowest BCUT2D eigenvalue weighted by molar-refractivity contribution is 0.00578. The minimum atomic E-state index is -0.845. The van der Waals surface area contributed by atoms with Crippen LogP contribution in [0.2, 0.25) is 5.02 Å². The highest BCUT2D eigenvalue weighted by molar-refractivity contribution is 6.65. The van der Waals surface area contributed by atoms with E-state index < -0.39 is 24.5 Å². The normalized spacial score (nSPS) is 25.9. The van der Waals surface area contributed by atoms with Crippen molar-refractivity contribution in [2.45, 2.75) is 57.5 Å². The van der Waals surface area contributed by atoms with E-state index in [-0.39, 0.29) is 6.04 Å². The molecule has 5 rings (SSSR count). The lowest BCUT2D eigenvalue weighted by atomic mass is 9.78. The first kappa shape index (κ1) is 27.5. The van der Waals surface area contributed by atoms with Crippen molar-refractivity contribution in [3.63, 3.8) is 0 Å². The van der Waals surface area contributed by atoms with Crippen molar-refractivity contribution >= 4 is 30.0 Å². The van der Waals surface area contributed by atoms with Gasteiger partial charge in [-0.25, -0.2) is 4.39 Å². The van der Waals surface area contributed by atoms with Gasteiger partial charge in [-0.15, -0.1) is 0 Å². The average molecular weight is 550 g/mol. The van der Waals surface area contributed by atoms with E-state index in [0.717, 1.165) is 17.6 Å². The van der Waals surface area contributed by atoms with Crippen LogP contribution < -0.4 is 26.1 Å². The van der Waals surface area contributed by atoms with Gasteiger partial charge in [-0.3, -0.25) is 9.89 Å². The summed E-state index contributed by atoms with van der Waals surface area (Å²) in [5.41, 5.74) is -0.401. The molecule has 9 nitrogen and oxygen atoms in total. The molecule has 0 radical (unpaired) electrons. The Hall–Kier alpha value is -2.05. The first-order chi connectivity index (χ1) is 17.9. The summed E-state index contributed by atoms with van der Waals surface area (Å²) in [5.74, 6) is 1.71. The van der Waals surface area contributed by atoms with Crippen LogP contribution in [0.1, 0.15) is 34.1 Å². The summed E-state index contributed by atoms with van der Waals surface area (Å²) >= 11 is 6.99. The lowest BCUT2D eigenvalue weighted by Crippen LogP contribution is -2.48. The fourth-order valence-electron chi connectivity index (χ4n) is 5.03. The van der Waals surface area contributed by atoms with E-state index in [9.17, 15) is 4.39 Å². The molecule has 4 aliphatic heterocycles. The van der Waals surface area contributed by atoms with E-state index in [0.29, 0.717) is 60.3 Å². The topological polar surface area (TPSA) is 71.0 Å². The monoisotopic (exact) mass is 549 g/mol. The zero-order valence-corrected chi connectivity index (χ0v) is 24.1. The number of hydrogen-bond acceptors (Lipinski definition) is 9. The van der Waals surface area contributed by atoms with Crippen LogP contribution in [0.15, 0.2) is 23.2 Å². The van der Waals surface area contributed by atoms with Gasteiger partial charge in [-0.2, -0.15) is 0 Å². The molecule has 0 aliphatic carbocycles. The van der Waals surface area contributed by atoms with Crippen molar-refractivity contribution < 1.29 is 23.2 Å². The van der Waals surface area contributed by atoms with Gasteiger partial charge in [0.05, 0.1) is 33.0 Å². The lowest BCUT2D eigenvalue weighted by Gasteiger charge is -2.32. The molecule has 2 fully saturated rings. The first-order valence-corrected chi connectivity index (χ1v) is 13.5. The average Bonchev–Trinajstić information content (AvgIpc) is 3.20. The predicted molar refractivity (Wildman–Crippen MR) is 145 cm³/mol. The van der Waals surface area contributed by atoms with Gasteiger partial charge in [-0.1, -0.05) is 11.6 Å². The molecule has 4 heterocycles. The molecule has 1 aromatic carbocycles. The maximum Gasteiger partial charge on any atom is 0.496 e. The molecule has 4 aliphatic rings. The van der Waals surface area contributed by atoms with E-state index in [1.165, 1.54) is 0 Å². The number of ether oxygens (including phenoxy) is 2. The molecule has 0 spiro atoms. The van der Waals surface area contributed by atoms with Gasteiger partial charge in [-0.05, 0) is 61.3 Å². The highest BCUT2D eigenvalue weighted by atomic mass is 35.5. The fraction of sp³-hybridized carbons (Fsp3) is 0.654. The Morgan fingerprint density at radius 2 is 1.97 bits per heavy atom. The third-order valence-corrected chi connectivity index (χ3v) is 8.46. The van der Waals surface area contributed by atoms with Crippen molar-refractivity contribution in [1.82, 2.24) is 20.0 Å². The van der Waals surface area contributed by atoms with Crippen molar-refractivity contribution in [1.29, 1.82) is 0 Å². The summed E-state index contributed by atoms with van der Waals surface area (Å²) < 4.78 is 39.2. The van der Waals surface area contributed by atoms with Gasteiger partial charge < -0.3 is 33.9 Å². The smallest absolute Gasteiger partial charge is 0.462 e. The number of alkyl halides is 1. The van der Waals surface area contributed by atoms with Crippen LogP contribution in [0.5, 0.6) is 5.75 Å². The van der Waals surface area contributed by atoms with E-state index in [1.807, 2.05) is 66.0 Å². The minimum Gasteiger partial charge on any atom is -0.462 e. The number of nitrogens with zero attached hydrogens (tertiary/aromatic N) is 4. The molecule has 2 atom stereocenters. The summed E-state index contributed by atoms with van der Waals surface area (Å²) in [5, 5.41) is 5.27. The third kappa shape index (κ3) is 5.11. The summed E-state index contributed by atoms with van der Waals surface area (Å²) in [6, 6.07) is 1.83. The highest BCUT2D eigenvalue weighted by Crippen LogP contribution is 2.37. The zero-order chi connectivity index (χ0) is 27.4. The second-order valence-corrected chi connectivity index (χ2v) is 12.1. The van der Waals surface area contributed by atoms with Crippen LogP contribution in [0.3, 0.4) is 0 Å². The van der Waals surface area contributed by atoms with Crippen LogP contribution in [0, 0.1) is 0 Å². The molecule has 0 saturated carbocycles. The molecule has 0 unspecified atom stereocenters. The van der Waals surface area contributed by atoms with Gasteiger partial charge in [0.2, 0.25) is 0 Å². The SMILES string of the molecule is CN(C)CCN1C=C(OC[C@@H]2C[C@@H](F)CN2C)Oc2cc(B3OC(C)(C)C(C)(C)O3)c(Cl)c3c2=C1NCN=3. The molecular weight excluding hydrogens is 512 g/mol. The molecule has 0 amide bonds. The maximum absolute atomic E-state index is 14.0. The molecule has 2 saturated heterocycles. The molecule has 1 N–H and O–H groups in total. The second kappa shape index (κ2) is 10.2. The third-order valence-electron chi connectivity index (χ3n) is 8.06. The number of benzene rings is 1. The zero-order valence-electron chi connectivity index (χ0n) is 23.3. The second-order valence-electron chi connectivity index (χ2n) is 11.7. The Labute approximate surface area is 229 Å². The van der Waals surface area contributed by atoms with Crippen LogP contribution >= 0.6 is 11.6 Å². The Kier molecular flexibility index (Phi) is 7.36. The number of hydrogen-bond donors (Lipinski definition) is 1. The maximum atomic E-state index is 14.0. The van der Waals surface area contributed by atoms with E-state index >= 15 is 0 Å². The summed E-state index contributed by atoms with van der Waals surface area (Å²) in [6.07, 6.45) is 1.45. The van der Waals surface area contributed by atoms with Crippen LogP contribution in [-0.2, 0) is 14.0 Å². The highest BCUT2D eigenvalue weighted by Gasteiger charge is 2.52. The molecular formula is C26H38BClFN5O4. The van der Waals surface area contributed by atoms with Crippen molar-refractivity contribution in [2.24, 2.45) is 4.99 Å². The Bertz CT molecular complexity index is 1230. The molecule has 0 bridgehead atoms. The van der Waals surface area contributed by atoms with E-state index in [1.54, 1.807) is 0 Å². The largest absolute Gasteiger partial charge is 0.496 e. The number of likely N-dealkylation sites (N-methyl/N-ethyl adjacent to an activating group) is 2. The van der Waals surface area contributed by atoms with Crippen molar-refractivity contribution in [3.05, 3.63) is 33.8 Å². The Balaban J connectivity index is 1.55. The fourth-order valence-corrected chi connectivity index (χ4v) is 5.33. The van der Waals surface area contributed by atoms with Gasteiger partial charge >= 0.3 is 13.1 Å². The molecule has 208 valence electrons. The summed E-state index contributed by atoms with van der Waals surface area (Å²) in [7, 11) is 5.29. The quantitative estimate of drug-likeness (QED) is 0.506. The van der Waals surface area contributed by atoms with Gasteiger partial charge in [0.15, 0.2) is 0 Å². The predicted octanol–water partition coefficient (Wildman–Crippen LogP) is 0.999. The first-order valence-electron chi connectivity index (χ1n) is 13.1. The van der Waals surface area contributed by atoms with Crippen LogP contribution in [-0.4, -0.2) is 99.3 Å². The Morgan fingerprint density at radius 1 is 1.26 bits per heavy atom. The summed E-state index contributed by atoms with van der Waals surface area (Å²) in [6.45, 7) is 10.6. The van der Waals surface area contributed by atoms with E-state index in [4.69, 9.17) is 35.4 Å². The molecule has 12 heteroatoms. The Morgan fingerprint density at radius 3 is 2.61 bits per heavy atom. The van der Waals surface area contributed by atoms with Crippen molar-refractivity contribution in [2.75, 3.05) is 54.1 Å².